The highest BCUT2D eigenvalue weighted by Gasteiger charge is 2.41. The molecule has 40 heavy (non-hydrogen) atoms. The van der Waals surface area contributed by atoms with Crippen molar-refractivity contribution in [2.75, 3.05) is 41.4 Å². The molecule has 9 nitrogen and oxygen atoms in total. The van der Waals surface area contributed by atoms with Crippen LogP contribution in [-0.4, -0.2) is 60.2 Å². The quantitative estimate of drug-likeness (QED) is 0.430. The van der Waals surface area contributed by atoms with E-state index in [0.717, 1.165) is 24.2 Å². The number of fused-ring (bicyclic) bond motifs is 4. The van der Waals surface area contributed by atoms with E-state index in [2.05, 4.69) is 15.2 Å². The van der Waals surface area contributed by atoms with Crippen molar-refractivity contribution in [2.45, 2.75) is 51.6 Å². The van der Waals surface area contributed by atoms with Gasteiger partial charge in [-0.3, -0.25) is 4.90 Å². The second-order valence-electron chi connectivity index (χ2n) is 10.8. The van der Waals surface area contributed by atoms with Crippen LogP contribution in [0.25, 0.3) is 11.3 Å². The third-order valence-electron chi connectivity index (χ3n) is 7.37. The zero-order chi connectivity index (χ0) is 28.0. The molecule has 2 bridgehead atoms. The molecule has 5 heterocycles. The number of carbonyl (C=O) groups is 1. The van der Waals surface area contributed by atoms with Gasteiger partial charge in [0.15, 0.2) is 11.6 Å². The topological polar surface area (TPSA) is 89.1 Å². The fraction of sp³-hybridized carbons (Fsp3) is 0.414. The van der Waals surface area contributed by atoms with Gasteiger partial charge in [0, 0.05) is 42.2 Å². The Hall–Kier alpha value is -3.83. The number of urea groups is 1. The van der Waals surface area contributed by atoms with Gasteiger partial charge >= 0.3 is 6.03 Å². The molecule has 2 fully saturated rings. The number of hydrogen-bond donors (Lipinski definition) is 1. The average molecular weight is 552 g/mol. The molecule has 6 rings (SSSR count). The molecule has 210 valence electrons. The summed E-state index contributed by atoms with van der Waals surface area (Å²) in [4.78, 5) is 26.7. The Kier molecular flexibility index (Phi) is 6.79. The Labute approximate surface area is 231 Å². The Morgan fingerprint density at radius 3 is 2.88 bits per heavy atom. The fourth-order valence-corrected chi connectivity index (χ4v) is 5.49. The molecule has 0 saturated carbocycles. The number of nitrogens with zero attached hydrogens (tertiary/aromatic N) is 4. The van der Waals surface area contributed by atoms with E-state index in [0.29, 0.717) is 41.8 Å². The Balaban J connectivity index is 1.24. The van der Waals surface area contributed by atoms with Crippen LogP contribution in [0.5, 0.6) is 5.88 Å². The molecule has 2 amide bonds. The number of rotatable bonds is 6. The van der Waals surface area contributed by atoms with Gasteiger partial charge in [-0.05, 0) is 51.0 Å². The highest BCUT2D eigenvalue weighted by molar-refractivity contribution is 6.05. The minimum absolute atomic E-state index is 0.0663. The summed E-state index contributed by atoms with van der Waals surface area (Å²) in [6.07, 6.45) is -0.431. The monoisotopic (exact) mass is 551 g/mol. The van der Waals surface area contributed by atoms with E-state index in [4.69, 9.17) is 19.2 Å². The van der Waals surface area contributed by atoms with E-state index in [1.165, 1.54) is 12.1 Å². The van der Waals surface area contributed by atoms with Crippen molar-refractivity contribution in [1.29, 1.82) is 0 Å². The van der Waals surface area contributed by atoms with Gasteiger partial charge in [-0.1, -0.05) is 18.2 Å². The van der Waals surface area contributed by atoms with Crippen LogP contribution >= 0.6 is 0 Å². The normalized spacial score (nSPS) is 21.1. The molecular weight excluding hydrogens is 520 g/mol. The number of hydrogen-bond acceptors (Lipinski definition) is 7. The molecule has 1 N–H and O–H groups in total. The summed E-state index contributed by atoms with van der Waals surface area (Å²) in [6.45, 7) is 7.81. The molecule has 0 aliphatic carbocycles. The lowest BCUT2D eigenvalue weighted by atomic mass is 10.0. The molecule has 0 spiro atoms. The van der Waals surface area contributed by atoms with Crippen LogP contribution in [0.4, 0.5) is 30.8 Å². The lowest BCUT2D eigenvalue weighted by molar-refractivity contribution is -0.141. The molecule has 1 unspecified atom stereocenters. The summed E-state index contributed by atoms with van der Waals surface area (Å²) in [5, 5.41) is 2.97. The van der Waals surface area contributed by atoms with E-state index < -0.39 is 12.2 Å². The van der Waals surface area contributed by atoms with Gasteiger partial charge in [0.1, 0.15) is 12.7 Å². The first-order chi connectivity index (χ1) is 19.2. The van der Waals surface area contributed by atoms with E-state index in [9.17, 15) is 13.6 Å². The maximum absolute atomic E-state index is 13.7. The number of ether oxygens (including phenoxy) is 3. The third-order valence-corrected chi connectivity index (χ3v) is 7.37. The Bertz CT molecular complexity index is 1440. The van der Waals surface area contributed by atoms with E-state index in [-0.39, 0.29) is 30.3 Å². The van der Waals surface area contributed by atoms with Crippen molar-refractivity contribution >= 4 is 23.2 Å². The summed E-state index contributed by atoms with van der Waals surface area (Å²) in [7, 11) is 0. The number of anilines is 3. The molecule has 1 aromatic carbocycles. The first-order valence-corrected chi connectivity index (χ1v) is 13.3. The number of halogens is 2. The van der Waals surface area contributed by atoms with Crippen molar-refractivity contribution in [1.82, 2.24) is 9.97 Å². The summed E-state index contributed by atoms with van der Waals surface area (Å²) < 4.78 is 43.9. The number of carbonyl (C=O) groups excluding carboxylic acids is 1. The average Bonchev–Trinajstić information content (AvgIpc) is 3.51. The Morgan fingerprint density at radius 2 is 2.10 bits per heavy atom. The van der Waals surface area contributed by atoms with Crippen LogP contribution in [0.1, 0.15) is 37.8 Å². The van der Waals surface area contributed by atoms with Crippen molar-refractivity contribution in [2.24, 2.45) is 0 Å². The summed E-state index contributed by atoms with van der Waals surface area (Å²) in [6, 6.07) is 11.2. The summed E-state index contributed by atoms with van der Waals surface area (Å²) in [5.74, 6) is 0.226. The number of amides is 2. The van der Waals surface area contributed by atoms with Crippen LogP contribution in [0.15, 0.2) is 48.7 Å². The van der Waals surface area contributed by atoms with Gasteiger partial charge < -0.3 is 24.4 Å². The molecular formula is C29H31F2N5O4. The third kappa shape index (κ3) is 5.18. The first-order valence-electron chi connectivity index (χ1n) is 13.3. The smallest absolute Gasteiger partial charge is 0.327 e. The van der Waals surface area contributed by atoms with Gasteiger partial charge in [-0.25, -0.2) is 23.5 Å². The molecule has 0 radical (unpaired) electrons. The standard InChI is InChI=1S/C29H31F2N5O4/c1-17-11-23-27(34-25(17)18-5-4-6-19(12-18)26(30)31)36(21-8-10-35(23)14-21)28(37)33-20-7-9-32-24(13-20)38-15-22-16-39-29(2,3)40-22/h4-7,9,11-13,21-22,26H,8,10,14-16H2,1-3H3,(H,32,33,37)/t21?,22-/m1/s1. The van der Waals surface area contributed by atoms with Crippen LogP contribution < -0.4 is 19.9 Å². The second kappa shape index (κ2) is 10.3. The van der Waals surface area contributed by atoms with Crippen molar-refractivity contribution in [3.8, 4) is 17.1 Å². The molecule has 2 aromatic heterocycles. The van der Waals surface area contributed by atoms with Gasteiger partial charge in [-0.2, -0.15) is 0 Å². The predicted molar refractivity (Wildman–Crippen MR) is 146 cm³/mol. The zero-order valence-corrected chi connectivity index (χ0v) is 22.6. The minimum atomic E-state index is -2.58. The van der Waals surface area contributed by atoms with Crippen LogP contribution in [0.2, 0.25) is 0 Å². The summed E-state index contributed by atoms with van der Waals surface area (Å²) in [5.41, 5.74) is 3.33. The summed E-state index contributed by atoms with van der Waals surface area (Å²) >= 11 is 0. The van der Waals surface area contributed by atoms with Crippen molar-refractivity contribution < 1.29 is 27.8 Å². The highest BCUT2D eigenvalue weighted by Crippen LogP contribution is 2.42. The predicted octanol–water partition coefficient (Wildman–Crippen LogP) is 5.55. The van der Waals surface area contributed by atoms with Gasteiger partial charge in [0.05, 0.1) is 24.0 Å². The molecule has 2 atom stereocenters. The molecule has 3 aliphatic heterocycles. The van der Waals surface area contributed by atoms with E-state index in [1.807, 2.05) is 26.8 Å². The minimum Gasteiger partial charge on any atom is -0.475 e. The van der Waals surface area contributed by atoms with Gasteiger partial charge in [0.25, 0.3) is 6.43 Å². The van der Waals surface area contributed by atoms with Crippen LogP contribution in [-0.2, 0) is 9.47 Å². The number of pyridine rings is 2. The Morgan fingerprint density at radius 1 is 1.25 bits per heavy atom. The maximum atomic E-state index is 13.7. The largest absolute Gasteiger partial charge is 0.475 e. The van der Waals surface area contributed by atoms with E-state index in [1.54, 1.807) is 35.4 Å². The highest BCUT2D eigenvalue weighted by atomic mass is 19.3. The van der Waals surface area contributed by atoms with Crippen molar-refractivity contribution in [3.63, 3.8) is 0 Å². The van der Waals surface area contributed by atoms with Crippen LogP contribution in [0.3, 0.4) is 0 Å². The lowest BCUT2D eigenvalue weighted by Crippen LogP contribution is -2.48. The number of nitrogens with one attached hydrogen (secondary N) is 1. The number of aryl methyl sites for hydroxylation is 1. The van der Waals surface area contributed by atoms with E-state index >= 15 is 0 Å². The van der Waals surface area contributed by atoms with Gasteiger partial charge in [-0.15, -0.1) is 0 Å². The zero-order valence-electron chi connectivity index (χ0n) is 22.6. The number of benzene rings is 1. The molecule has 3 aliphatic rings. The molecule has 11 heteroatoms. The van der Waals surface area contributed by atoms with Crippen molar-refractivity contribution in [3.05, 3.63) is 59.8 Å². The lowest BCUT2D eigenvalue weighted by Gasteiger charge is -2.36. The molecule has 3 aromatic rings. The molecule has 2 saturated heterocycles. The first kappa shape index (κ1) is 26.4. The second-order valence-corrected chi connectivity index (χ2v) is 10.8. The SMILES string of the molecule is Cc1cc2c(nc1-c1cccc(C(F)F)c1)N(C(=O)Nc1ccnc(OC[C@@H]3COC(C)(C)O3)c1)C1CCN2C1. The number of aromatic nitrogens is 2. The fourth-order valence-electron chi connectivity index (χ4n) is 5.49. The van der Waals surface area contributed by atoms with Gasteiger partial charge in [0.2, 0.25) is 5.88 Å². The maximum Gasteiger partial charge on any atom is 0.327 e. The van der Waals surface area contributed by atoms with Crippen LogP contribution in [0, 0.1) is 6.92 Å². The number of alkyl halides is 2.